The number of nitrogens with one attached hydrogen (secondary N) is 2. The molecule has 0 spiro atoms. The number of nitrogens with zero attached hydrogens (tertiary/aromatic N) is 2. The fourth-order valence-electron chi connectivity index (χ4n) is 3.48. The Labute approximate surface area is 180 Å². The molecular formula is C21H29FN4O5. The molecule has 31 heavy (non-hydrogen) atoms. The van der Waals surface area contributed by atoms with Gasteiger partial charge in [0.1, 0.15) is 17.5 Å². The van der Waals surface area contributed by atoms with E-state index in [1.807, 2.05) is 20.8 Å². The van der Waals surface area contributed by atoms with Crippen LogP contribution in [-0.2, 0) is 14.3 Å². The minimum atomic E-state index is -0.584. The molecule has 0 saturated carbocycles. The van der Waals surface area contributed by atoms with Gasteiger partial charge in [-0.2, -0.15) is 0 Å². The quantitative estimate of drug-likeness (QED) is 0.736. The van der Waals surface area contributed by atoms with Crippen molar-refractivity contribution in [2.45, 2.75) is 51.9 Å². The molecule has 1 aromatic rings. The van der Waals surface area contributed by atoms with Crippen LogP contribution in [0.1, 0.15) is 34.1 Å². The fraction of sp³-hybridized carbons (Fsp3) is 0.571. The first-order valence-corrected chi connectivity index (χ1v) is 10.3. The van der Waals surface area contributed by atoms with Gasteiger partial charge in [-0.25, -0.2) is 14.0 Å². The first-order chi connectivity index (χ1) is 14.5. The molecule has 3 rings (SSSR count). The number of carbonyl (C=O) groups is 3. The van der Waals surface area contributed by atoms with Crippen LogP contribution < -0.4 is 15.5 Å². The van der Waals surface area contributed by atoms with Crippen molar-refractivity contribution in [3.63, 3.8) is 0 Å². The summed E-state index contributed by atoms with van der Waals surface area (Å²) in [6, 6.07) is 4.36. The molecule has 9 nitrogen and oxygen atoms in total. The zero-order chi connectivity index (χ0) is 22.8. The number of rotatable bonds is 5. The number of benzene rings is 1. The van der Waals surface area contributed by atoms with Crippen LogP contribution in [0.25, 0.3) is 0 Å². The molecule has 1 aromatic carbocycles. The molecule has 170 valence electrons. The van der Waals surface area contributed by atoms with Crippen LogP contribution in [0.4, 0.5) is 25.4 Å². The van der Waals surface area contributed by atoms with Crippen LogP contribution in [0.5, 0.6) is 0 Å². The summed E-state index contributed by atoms with van der Waals surface area (Å²) < 4.78 is 25.3. The lowest BCUT2D eigenvalue weighted by atomic mass is 10.2. The van der Waals surface area contributed by atoms with Crippen molar-refractivity contribution >= 4 is 29.5 Å². The Hall–Kier alpha value is -3.04. The van der Waals surface area contributed by atoms with E-state index in [0.717, 1.165) is 0 Å². The second-order valence-electron chi connectivity index (χ2n) is 8.77. The van der Waals surface area contributed by atoms with Crippen LogP contribution in [0.3, 0.4) is 0 Å². The molecule has 0 aliphatic carbocycles. The number of cyclic esters (lactones) is 1. The Morgan fingerprint density at radius 2 is 2.03 bits per heavy atom. The lowest BCUT2D eigenvalue weighted by molar-refractivity contribution is -0.119. The number of ether oxygens (including phenoxy) is 2. The zero-order valence-corrected chi connectivity index (χ0v) is 18.2. The molecule has 2 saturated heterocycles. The standard InChI is InChI=1S/C21H29FN4O5/c1-13(27)23-10-16-12-26(20(29)30-16)15-5-6-18(17(22)9-15)24-14-7-8-25(11-14)19(28)31-21(2,3)4/h5-6,9,14,16,24H,7-8,10-12H2,1-4H3,(H,23,27)/t14-,16+/m1/s1. The van der Waals surface area contributed by atoms with Crippen molar-refractivity contribution in [3.05, 3.63) is 24.0 Å². The summed E-state index contributed by atoms with van der Waals surface area (Å²) in [7, 11) is 0. The smallest absolute Gasteiger partial charge is 0.414 e. The van der Waals surface area contributed by atoms with Gasteiger partial charge in [-0.3, -0.25) is 9.69 Å². The highest BCUT2D eigenvalue weighted by atomic mass is 19.1. The number of amides is 3. The van der Waals surface area contributed by atoms with E-state index in [1.54, 1.807) is 17.0 Å². The molecule has 0 radical (unpaired) electrons. The largest absolute Gasteiger partial charge is 0.444 e. The van der Waals surface area contributed by atoms with E-state index in [4.69, 9.17) is 9.47 Å². The predicted octanol–water partition coefficient (Wildman–Crippen LogP) is 2.71. The summed E-state index contributed by atoms with van der Waals surface area (Å²) in [5, 5.41) is 5.72. The van der Waals surface area contributed by atoms with E-state index in [2.05, 4.69) is 10.6 Å². The number of carbonyl (C=O) groups excluding carboxylic acids is 3. The molecule has 10 heteroatoms. The van der Waals surface area contributed by atoms with E-state index < -0.39 is 23.6 Å². The number of likely N-dealkylation sites (tertiary alicyclic amines) is 1. The van der Waals surface area contributed by atoms with Crippen LogP contribution in [-0.4, -0.2) is 66.9 Å². The van der Waals surface area contributed by atoms with Crippen molar-refractivity contribution < 1.29 is 28.2 Å². The van der Waals surface area contributed by atoms with Crippen LogP contribution >= 0.6 is 0 Å². The lowest BCUT2D eigenvalue weighted by Gasteiger charge is -2.24. The van der Waals surface area contributed by atoms with Crippen LogP contribution in [0.15, 0.2) is 18.2 Å². The Morgan fingerprint density at radius 3 is 2.68 bits per heavy atom. The summed E-state index contributed by atoms with van der Waals surface area (Å²) in [5.41, 5.74) is 0.102. The molecule has 0 aromatic heterocycles. The molecule has 2 atom stereocenters. The van der Waals surface area contributed by atoms with Crippen molar-refractivity contribution in [2.24, 2.45) is 0 Å². The van der Waals surface area contributed by atoms with Gasteiger partial charge in [0.15, 0.2) is 0 Å². The first kappa shape index (κ1) is 22.6. The van der Waals surface area contributed by atoms with Crippen LogP contribution in [0.2, 0.25) is 0 Å². The second kappa shape index (κ2) is 8.99. The monoisotopic (exact) mass is 436 g/mol. The van der Waals surface area contributed by atoms with Gasteiger partial charge >= 0.3 is 12.2 Å². The predicted molar refractivity (Wildman–Crippen MR) is 113 cm³/mol. The van der Waals surface area contributed by atoms with E-state index >= 15 is 0 Å². The topological polar surface area (TPSA) is 100 Å². The van der Waals surface area contributed by atoms with E-state index in [-0.39, 0.29) is 31.1 Å². The Bertz CT molecular complexity index is 857. The van der Waals surface area contributed by atoms with E-state index in [0.29, 0.717) is 30.9 Å². The zero-order valence-electron chi connectivity index (χ0n) is 18.2. The maximum Gasteiger partial charge on any atom is 0.414 e. The summed E-state index contributed by atoms with van der Waals surface area (Å²) >= 11 is 0. The van der Waals surface area contributed by atoms with Crippen molar-refractivity contribution in [1.82, 2.24) is 10.2 Å². The molecule has 2 heterocycles. The average Bonchev–Trinajstić information content (AvgIpc) is 3.27. The summed E-state index contributed by atoms with van der Waals surface area (Å²) in [6.45, 7) is 8.19. The number of anilines is 2. The number of hydrogen-bond acceptors (Lipinski definition) is 6. The van der Waals surface area contributed by atoms with Crippen molar-refractivity contribution in [3.8, 4) is 0 Å². The SMILES string of the molecule is CC(=O)NC[C@H]1CN(c2ccc(N[C@@H]3CCN(C(=O)OC(C)(C)C)C3)c(F)c2)C(=O)O1. The van der Waals surface area contributed by atoms with Gasteiger partial charge < -0.3 is 25.0 Å². The second-order valence-corrected chi connectivity index (χ2v) is 8.77. The van der Waals surface area contributed by atoms with Crippen molar-refractivity contribution in [2.75, 3.05) is 36.4 Å². The van der Waals surface area contributed by atoms with Gasteiger partial charge in [0.25, 0.3) is 0 Å². The molecule has 2 N–H and O–H groups in total. The third kappa shape index (κ3) is 5.99. The van der Waals surface area contributed by atoms with Gasteiger partial charge in [-0.15, -0.1) is 0 Å². The van der Waals surface area contributed by atoms with Gasteiger partial charge in [0.2, 0.25) is 5.91 Å². The van der Waals surface area contributed by atoms with Crippen molar-refractivity contribution in [1.29, 1.82) is 0 Å². The molecule has 0 unspecified atom stereocenters. The normalized spacial score (nSPS) is 21.1. The Morgan fingerprint density at radius 1 is 1.29 bits per heavy atom. The fourth-order valence-corrected chi connectivity index (χ4v) is 3.48. The maximum atomic E-state index is 14.7. The number of hydrogen-bond donors (Lipinski definition) is 2. The molecule has 0 bridgehead atoms. The van der Waals surface area contributed by atoms with E-state index in [1.165, 1.54) is 17.9 Å². The molecular weight excluding hydrogens is 407 g/mol. The van der Waals surface area contributed by atoms with Gasteiger partial charge in [0.05, 0.1) is 24.5 Å². The molecule has 2 fully saturated rings. The Kier molecular flexibility index (Phi) is 6.56. The Balaban J connectivity index is 1.57. The molecule has 2 aliphatic rings. The highest BCUT2D eigenvalue weighted by molar-refractivity contribution is 5.90. The van der Waals surface area contributed by atoms with E-state index in [9.17, 15) is 18.8 Å². The molecule has 2 aliphatic heterocycles. The lowest BCUT2D eigenvalue weighted by Crippen LogP contribution is -2.36. The highest BCUT2D eigenvalue weighted by Gasteiger charge is 2.33. The van der Waals surface area contributed by atoms with Gasteiger partial charge in [-0.05, 0) is 45.4 Å². The van der Waals surface area contributed by atoms with Crippen LogP contribution in [0, 0.1) is 5.82 Å². The van der Waals surface area contributed by atoms with Gasteiger partial charge in [-0.1, -0.05) is 0 Å². The molecule has 3 amide bonds. The number of halogens is 1. The summed E-state index contributed by atoms with van der Waals surface area (Å²) in [6.07, 6.45) is -0.785. The maximum absolute atomic E-state index is 14.7. The third-order valence-corrected chi connectivity index (χ3v) is 4.92. The minimum Gasteiger partial charge on any atom is -0.444 e. The third-order valence-electron chi connectivity index (χ3n) is 4.92. The summed E-state index contributed by atoms with van der Waals surface area (Å²) in [5.74, 6) is -0.723. The highest BCUT2D eigenvalue weighted by Crippen LogP contribution is 2.27. The van der Waals surface area contributed by atoms with Gasteiger partial charge in [0, 0.05) is 26.1 Å². The first-order valence-electron chi connectivity index (χ1n) is 10.3. The summed E-state index contributed by atoms with van der Waals surface area (Å²) in [4.78, 5) is 38.3. The average molecular weight is 436 g/mol. The minimum absolute atomic E-state index is 0.105.